The molecule has 4 rings (SSSR count). The Hall–Kier alpha value is -2.50. The second kappa shape index (κ2) is 6.34. The maximum absolute atomic E-state index is 12.7. The molecule has 1 fully saturated rings. The van der Waals surface area contributed by atoms with Gasteiger partial charge in [-0.15, -0.1) is 0 Å². The molecular weight excluding hydrogens is 332 g/mol. The number of amides is 1. The molecule has 1 unspecified atom stereocenters. The van der Waals surface area contributed by atoms with E-state index in [-0.39, 0.29) is 11.8 Å². The van der Waals surface area contributed by atoms with Crippen LogP contribution in [0.15, 0.2) is 22.7 Å². The molecule has 1 amide bonds. The van der Waals surface area contributed by atoms with Crippen LogP contribution in [0.2, 0.25) is 0 Å². The molecule has 6 nitrogen and oxygen atoms in total. The number of anilines is 1. The second-order valence-electron chi connectivity index (χ2n) is 7.29. The van der Waals surface area contributed by atoms with Gasteiger partial charge in [0.05, 0.1) is 11.6 Å². The first-order chi connectivity index (χ1) is 12.5. The number of carbonyl (C=O) groups excluding carboxylic acids is 1. The lowest BCUT2D eigenvalue weighted by Crippen LogP contribution is -2.40. The van der Waals surface area contributed by atoms with Crippen molar-refractivity contribution in [1.82, 2.24) is 5.16 Å². The van der Waals surface area contributed by atoms with Crippen LogP contribution in [0.5, 0.6) is 11.5 Å². The van der Waals surface area contributed by atoms with E-state index in [1.165, 1.54) is 6.42 Å². The molecule has 1 atom stereocenters. The zero-order valence-corrected chi connectivity index (χ0v) is 15.4. The molecule has 1 aromatic heterocycles. The summed E-state index contributed by atoms with van der Waals surface area (Å²) >= 11 is 0. The Morgan fingerprint density at radius 3 is 2.58 bits per heavy atom. The first-order valence-corrected chi connectivity index (χ1v) is 9.23. The van der Waals surface area contributed by atoms with Crippen molar-refractivity contribution in [1.29, 1.82) is 0 Å². The number of carbonyl (C=O) groups is 1. The van der Waals surface area contributed by atoms with Gasteiger partial charge in [0.1, 0.15) is 5.76 Å². The summed E-state index contributed by atoms with van der Waals surface area (Å²) in [4.78, 5) is 12.7. The first-order valence-electron chi connectivity index (χ1n) is 9.23. The number of hydrogen-bond acceptors (Lipinski definition) is 5. The van der Waals surface area contributed by atoms with Crippen molar-refractivity contribution in [2.24, 2.45) is 0 Å². The lowest BCUT2D eigenvalue weighted by Gasteiger charge is -2.31. The van der Waals surface area contributed by atoms with Gasteiger partial charge in [-0.3, -0.25) is 4.79 Å². The van der Waals surface area contributed by atoms with Crippen LogP contribution in [0.1, 0.15) is 62.0 Å². The van der Waals surface area contributed by atoms with Crippen molar-refractivity contribution in [2.75, 3.05) is 5.32 Å². The van der Waals surface area contributed by atoms with Crippen molar-refractivity contribution in [3.05, 3.63) is 35.2 Å². The fraction of sp³-hybridized carbons (Fsp3) is 0.500. The van der Waals surface area contributed by atoms with Crippen LogP contribution in [0.25, 0.3) is 0 Å². The summed E-state index contributed by atoms with van der Waals surface area (Å²) in [5.74, 6) is 1.17. The van der Waals surface area contributed by atoms with E-state index in [1.54, 1.807) is 0 Å². The molecule has 138 valence electrons. The van der Waals surface area contributed by atoms with E-state index in [0.717, 1.165) is 42.7 Å². The molecule has 6 heteroatoms. The van der Waals surface area contributed by atoms with E-state index >= 15 is 0 Å². The Morgan fingerprint density at radius 1 is 1.15 bits per heavy atom. The molecule has 1 N–H and O–H groups in total. The minimum atomic E-state index is -0.507. The topological polar surface area (TPSA) is 73.6 Å². The largest absolute Gasteiger partial charge is 0.448 e. The zero-order valence-electron chi connectivity index (χ0n) is 15.4. The monoisotopic (exact) mass is 356 g/mol. The lowest BCUT2D eigenvalue weighted by molar-refractivity contribution is -0.117. The predicted molar refractivity (Wildman–Crippen MR) is 96.5 cm³/mol. The van der Waals surface area contributed by atoms with Crippen LogP contribution in [0, 0.1) is 13.8 Å². The second-order valence-corrected chi connectivity index (χ2v) is 7.29. The molecule has 26 heavy (non-hydrogen) atoms. The van der Waals surface area contributed by atoms with Crippen LogP contribution in [-0.4, -0.2) is 16.9 Å². The van der Waals surface area contributed by atoms with Crippen LogP contribution < -0.4 is 14.8 Å². The fourth-order valence-electron chi connectivity index (χ4n) is 3.96. The average Bonchev–Trinajstić information content (AvgIpc) is 3.13. The number of nitrogens with one attached hydrogen (secondary N) is 1. The molecule has 2 aliphatic rings. The van der Waals surface area contributed by atoms with Crippen molar-refractivity contribution in [2.45, 2.75) is 64.6 Å². The van der Waals surface area contributed by atoms with Gasteiger partial charge in [-0.1, -0.05) is 11.6 Å². The maximum atomic E-state index is 12.7. The number of nitrogens with zero attached hydrogens (tertiary/aromatic N) is 1. The van der Waals surface area contributed by atoms with Crippen molar-refractivity contribution in [3.63, 3.8) is 0 Å². The van der Waals surface area contributed by atoms with Gasteiger partial charge in [-0.25, -0.2) is 0 Å². The number of ether oxygens (including phenoxy) is 2. The average molecular weight is 356 g/mol. The molecule has 1 aliphatic heterocycles. The van der Waals surface area contributed by atoms with Gasteiger partial charge in [-0.2, -0.15) is 0 Å². The molecule has 0 saturated heterocycles. The summed E-state index contributed by atoms with van der Waals surface area (Å²) in [5.41, 5.74) is 2.28. The lowest BCUT2D eigenvalue weighted by atomic mass is 9.94. The molecule has 1 spiro atoms. The van der Waals surface area contributed by atoms with Gasteiger partial charge in [0, 0.05) is 30.2 Å². The SMILES string of the molecule is Cc1noc(C)c1C(C)C(=O)Nc1ccc2c(c1)OC1(CCCCC1)O2. The van der Waals surface area contributed by atoms with E-state index in [4.69, 9.17) is 14.0 Å². The third kappa shape index (κ3) is 2.93. The molecule has 1 aliphatic carbocycles. The Labute approximate surface area is 152 Å². The number of hydrogen-bond donors (Lipinski definition) is 1. The highest BCUT2D eigenvalue weighted by atomic mass is 16.7. The van der Waals surface area contributed by atoms with Crippen LogP contribution in [-0.2, 0) is 4.79 Å². The molecule has 2 aromatic rings. The zero-order chi connectivity index (χ0) is 18.3. The highest BCUT2D eigenvalue weighted by Crippen LogP contribution is 2.46. The number of fused-ring (bicyclic) bond motifs is 1. The standard InChI is InChI=1S/C20H24N2O4/c1-12(18-13(2)22-26-14(18)3)19(23)21-15-7-8-16-17(11-15)25-20(24-16)9-5-4-6-10-20/h7-8,11-12H,4-6,9-10H2,1-3H3,(H,21,23). The summed E-state index contributed by atoms with van der Waals surface area (Å²) in [6, 6.07) is 5.56. The highest BCUT2D eigenvalue weighted by molar-refractivity contribution is 5.96. The summed E-state index contributed by atoms with van der Waals surface area (Å²) in [6.45, 7) is 5.52. The molecule has 0 bridgehead atoms. The van der Waals surface area contributed by atoms with E-state index < -0.39 is 5.79 Å². The number of aryl methyl sites for hydroxylation is 2. The smallest absolute Gasteiger partial charge is 0.251 e. The molecular formula is C20H24N2O4. The van der Waals surface area contributed by atoms with Gasteiger partial charge >= 0.3 is 0 Å². The Morgan fingerprint density at radius 2 is 1.88 bits per heavy atom. The minimum absolute atomic E-state index is 0.106. The third-order valence-corrected chi connectivity index (χ3v) is 5.33. The minimum Gasteiger partial charge on any atom is -0.448 e. The number of benzene rings is 1. The number of rotatable bonds is 3. The first kappa shape index (κ1) is 16.9. The molecule has 2 heterocycles. The van der Waals surface area contributed by atoms with Crippen molar-refractivity contribution >= 4 is 11.6 Å². The number of aromatic nitrogens is 1. The predicted octanol–water partition coefficient (Wildman–Crippen LogP) is 4.47. The molecule has 1 aromatic carbocycles. The van der Waals surface area contributed by atoms with Crippen LogP contribution in [0.3, 0.4) is 0 Å². The highest BCUT2D eigenvalue weighted by Gasteiger charge is 2.42. The Balaban J connectivity index is 1.49. The fourth-order valence-corrected chi connectivity index (χ4v) is 3.96. The summed E-state index contributed by atoms with van der Waals surface area (Å²) in [6.07, 6.45) is 5.28. The summed E-state index contributed by atoms with van der Waals surface area (Å²) in [7, 11) is 0. The summed E-state index contributed by atoms with van der Waals surface area (Å²) in [5, 5.41) is 6.89. The normalized spacial score (nSPS) is 18.7. The summed E-state index contributed by atoms with van der Waals surface area (Å²) < 4.78 is 17.4. The molecule has 0 radical (unpaired) electrons. The van der Waals surface area contributed by atoms with E-state index in [1.807, 2.05) is 39.0 Å². The van der Waals surface area contributed by atoms with Gasteiger partial charge in [0.15, 0.2) is 11.5 Å². The van der Waals surface area contributed by atoms with E-state index in [2.05, 4.69) is 10.5 Å². The van der Waals surface area contributed by atoms with Gasteiger partial charge in [-0.05, 0) is 45.7 Å². The van der Waals surface area contributed by atoms with Crippen molar-refractivity contribution in [3.8, 4) is 11.5 Å². The van der Waals surface area contributed by atoms with E-state index in [0.29, 0.717) is 17.2 Å². The Bertz CT molecular complexity index is 817. The quantitative estimate of drug-likeness (QED) is 0.878. The van der Waals surface area contributed by atoms with E-state index in [9.17, 15) is 4.79 Å². The van der Waals surface area contributed by atoms with Crippen molar-refractivity contribution < 1.29 is 18.8 Å². The van der Waals surface area contributed by atoms with Crippen LogP contribution >= 0.6 is 0 Å². The van der Waals surface area contributed by atoms with Gasteiger partial charge in [0.2, 0.25) is 5.91 Å². The maximum Gasteiger partial charge on any atom is 0.251 e. The van der Waals surface area contributed by atoms with Crippen LogP contribution in [0.4, 0.5) is 5.69 Å². The third-order valence-electron chi connectivity index (χ3n) is 5.33. The molecule has 1 saturated carbocycles. The Kier molecular flexibility index (Phi) is 4.13. The van der Waals surface area contributed by atoms with Gasteiger partial charge < -0.3 is 19.3 Å². The van der Waals surface area contributed by atoms with Gasteiger partial charge in [0.25, 0.3) is 5.79 Å².